The van der Waals surface area contributed by atoms with Gasteiger partial charge in [0.05, 0.1) is 28.4 Å². The fourth-order valence-electron chi connectivity index (χ4n) is 9.82. The normalized spacial score (nSPS) is 14.5. The summed E-state index contributed by atoms with van der Waals surface area (Å²) in [6.07, 6.45) is 6.93. The van der Waals surface area contributed by atoms with Gasteiger partial charge in [0.1, 0.15) is 52.9 Å². The van der Waals surface area contributed by atoms with Crippen molar-refractivity contribution < 1.29 is 56.8 Å². The van der Waals surface area contributed by atoms with Crippen molar-refractivity contribution in [1.82, 2.24) is 0 Å². The summed E-state index contributed by atoms with van der Waals surface area (Å²) in [4.78, 5) is 0. The maximum atomic E-state index is 6.64. The minimum absolute atomic E-state index is 0.219. The van der Waals surface area contributed by atoms with Crippen LogP contribution in [0.3, 0.4) is 0 Å². The Balaban J connectivity index is 1.20. The molecule has 0 spiro atoms. The van der Waals surface area contributed by atoms with Crippen molar-refractivity contribution in [3.05, 3.63) is 165 Å². The number of benzene rings is 6. The fraction of sp³-hybridized carbons (Fsp3) is 0.310. The Morgan fingerprint density at radius 1 is 0.314 bits per heavy atom. The lowest BCUT2D eigenvalue weighted by atomic mass is 9.94. The van der Waals surface area contributed by atoms with Gasteiger partial charge in [-0.2, -0.15) is 0 Å². The zero-order chi connectivity index (χ0) is 48.1. The van der Waals surface area contributed by atoms with E-state index in [0.29, 0.717) is 121 Å². The van der Waals surface area contributed by atoms with E-state index in [2.05, 4.69) is 86.0 Å². The molecule has 0 unspecified atom stereocenters. The first kappa shape index (κ1) is 46.1. The standard InChI is InChI=1S/C58H58O12/c1-7-9-63-55-31-45-21-41-29-53-47(59-3)23-35(41)17-39-27-51-49(61-5)25-37(39)19-43(45)33-57(55)69-15-16-70-58-34-44-20-38-26-50(62-6)52(66-12-11-65-51)28-40(38)18-36-24-48(60-4)54(68-14-13-67-53)30-42(36)22-46(44)32-56(58)64-10-8-2/h7-8,23-34H,1-2,9-22H2,3-6H3. The van der Waals surface area contributed by atoms with Gasteiger partial charge in [0.2, 0.25) is 0 Å². The van der Waals surface area contributed by atoms with E-state index in [1.807, 2.05) is 0 Å². The maximum absolute atomic E-state index is 6.64. The number of hydrogen-bond donors (Lipinski definition) is 0. The lowest BCUT2D eigenvalue weighted by Crippen LogP contribution is -2.13. The Bertz CT molecular complexity index is 2750. The largest absolute Gasteiger partial charge is 0.493 e. The van der Waals surface area contributed by atoms with Crippen LogP contribution in [0.15, 0.2) is 98.1 Å². The molecular weight excluding hydrogens is 889 g/mol. The first-order chi connectivity index (χ1) is 34.3. The minimum atomic E-state index is 0.219. The molecule has 0 saturated heterocycles. The Morgan fingerprint density at radius 2 is 0.500 bits per heavy atom. The summed E-state index contributed by atoms with van der Waals surface area (Å²) in [7, 11) is 6.66. The van der Waals surface area contributed by atoms with Gasteiger partial charge < -0.3 is 56.8 Å². The summed E-state index contributed by atoms with van der Waals surface area (Å²) in [6.45, 7) is 9.85. The van der Waals surface area contributed by atoms with Crippen LogP contribution in [-0.2, 0) is 38.5 Å². The topological polar surface area (TPSA) is 111 Å². The summed E-state index contributed by atoms with van der Waals surface area (Å²) < 4.78 is 76.4. The second kappa shape index (κ2) is 20.6. The van der Waals surface area contributed by atoms with Crippen LogP contribution >= 0.6 is 0 Å². The van der Waals surface area contributed by atoms with Crippen LogP contribution < -0.4 is 56.8 Å². The highest BCUT2D eigenvalue weighted by Crippen LogP contribution is 2.44. The van der Waals surface area contributed by atoms with Gasteiger partial charge in [-0.25, -0.2) is 0 Å². The van der Waals surface area contributed by atoms with Gasteiger partial charge in [-0.1, -0.05) is 25.3 Å². The third-order valence-electron chi connectivity index (χ3n) is 13.3. The second-order valence-electron chi connectivity index (χ2n) is 17.6. The Labute approximate surface area is 409 Å². The molecular formula is C58H58O12. The van der Waals surface area contributed by atoms with Crippen molar-refractivity contribution in [3.63, 3.8) is 0 Å². The maximum Gasteiger partial charge on any atom is 0.161 e. The van der Waals surface area contributed by atoms with Crippen molar-refractivity contribution in [1.29, 1.82) is 0 Å². The predicted molar refractivity (Wildman–Crippen MR) is 266 cm³/mol. The molecule has 70 heavy (non-hydrogen) atoms. The van der Waals surface area contributed by atoms with E-state index < -0.39 is 0 Å². The second-order valence-corrected chi connectivity index (χ2v) is 17.6. The van der Waals surface area contributed by atoms with Crippen molar-refractivity contribution in [2.45, 2.75) is 38.5 Å². The molecule has 6 aromatic carbocycles. The molecule has 0 atom stereocenters. The third-order valence-corrected chi connectivity index (χ3v) is 13.3. The molecule has 0 amide bonds. The number of ether oxygens (including phenoxy) is 12. The molecule has 12 aliphatic heterocycles. The van der Waals surface area contributed by atoms with E-state index in [1.54, 1.807) is 40.6 Å². The van der Waals surface area contributed by atoms with E-state index in [1.165, 1.54) is 0 Å². The summed E-state index contributed by atoms with van der Waals surface area (Å²) in [6, 6.07) is 25.0. The molecule has 2 aliphatic carbocycles. The van der Waals surface area contributed by atoms with E-state index in [9.17, 15) is 0 Å². The molecule has 0 saturated carbocycles. The van der Waals surface area contributed by atoms with Crippen LogP contribution in [0.1, 0.15) is 66.8 Å². The first-order valence-electron chi connectivity index (χ1n) is 23.7. The molecule has 18 bridgehead atoms. The average molecular weight is 947 g/mol. The molecule has 6 aromatic rings. The zero-order valence-electron chi connectivity index (χ0n) is 40.3. The van der Waals surface area contributed by atoms with Crippen molar-refractivity contribution >= 4 is 0 Å². The Morgan fingerprint density at radius 3 is 0.700 bits per heavy atom. The van der Waals surface area contributed by atoms with Crippen molar-refractivity contribution in [2.75, 3.05) is 81.3 Å². The molecule has 362 valence electrons. The number of methoxy groups -OCH3 is 4. The molecule has 12 nitrogen and oxygen atoms in total. The SMILES string of the molecule is C=CCOc1cc2c3cc1OCCOc1cc4c(cc1OCC=C)Cc1cc5c(OC)cc1Cc1cc(c(OC)cc1C4)OCCOc1cc(c(cc1OC)C3)Cc1cc(OC)c(cc1C2)OCCO5. The summed E-state index contributed by atoms with van der Waals surface area (Å²) in [5.41, 5.74) is 12.8. The molecule has 0 aromatic heterocycles. The monoisotopic (exact) mass is 946 g/mol. The third kappa shape index (κ3) is 9.55. The van der Waals surface area contributed by atoms with Gasteiger partial charge >= 0.3 is 0 Å². The Hall–Kier alpha value is -7.60. The smallest absolute Gasteiger partial charge is 0.161 e. The van der Waals surface area contributed by atoms with Crippen LogP contribution in [0.25, 0.3) is 0 Å². The molecule has 0 radical (unpaired) electrons. The predicted octanol–water partition coefficient (Wildman–Crippen LogP) is 10.0. The first-order valence-corrected chi connectivity index (χ1v) is 23.7. The molecule has 12 heteroatoms. The van der Waals surface area contributed by atoms with Crippen molar-refractivity contribution in [3.8, 4) is 69.0 Å². The Kier molecular flexibility index (Phi) is 13.5. The van der Waals surface area contributed by atoms with Crippen LogP contribution in [-0.4, -0.2) is 81.3 Å². The highest BCUT2D eigenvalue weighted by Gasteiger charge is 2.26. The van der Waals surface area contributed by atoms with Gasteiger partial charge in [0, 0.05) is 0 Å². The van der Waals surface area contributed by atoms with E-state index >= 15 is 0 Å². The summed E-state index contributed by atoms with van der Waals surface area (Å²) in [5, 5.41) is 0. The average Bonchev–Trinajstić information content (AvgIpc) is 3.46. The summed E-state index contributed by atoms with van der Waals surface area (Å²) in [5.74, 6) is 7.30. The van der Waals surface area contributed by atoms with E-state index in [-0.39, 0.29) is 39.6 Å². The van der Waals surface area contributed by atoms with Crippen LogP contribution in [0, 0.1) is 0 Å². The van der Waals surface area contributed by atoms with Gasteiger partial charge in [-0.15, -0.1) is 0 Å². The van der Waals surface area contributed by atoms with Crippen LogP contribution in [0.4, 0.5) is 0 Å². The molecule has 12 heterocycles. The molecule has 20 rings (SSSR count). The highest BCUT2D eigenvalue weighted by atomic mass is 16.6. The lowest BCUT2D eigenvalue weighted by molar-refractivity contribution is 0.203. The van der Waals surface area contributed by atoms with Gasteiger partial charge in [0.15, 0.2) is 69.0 Å². The zero-order valence-corrected chi connectivity index (χ0v) is 40.3. The minimum Gasteiger partial charge on any atom is -0.493 e. The van der Waals surface area contributed by atoms with Gasteiger partial charge in [0.25, 0.3) is 0 Å². The lowest BCUT2D eigenvalue weighted by Gasteiger charge is -2.20. The van der Waals surface area contributed by atoms with Gasteiger partial charge in [-0.05, 0) is 178 Å². The molecule has 14 aliphatic rings. The number of rotatable bonds is 10. The fourth-order valence-corrected chi connectivity index (χ4v) is 9.82. The van der Waals surface area contributed by atoms with Gasteiger partial charge in [-0.3, -0.25) is 0 Å². The number of hydrogen-bond acceptors (Lipinski definition) is 12. The summed E-state index contributed by atoms with van der Waals surface area (Å²) >= 11 is 0. The quantitative estimate of drug-likeness (QED) is 0.122. The van der Waals surface area contributed by atoms with Crippen molar-refractivity contribution in [2.24, 2.45) is 0 Å². The van der Waals surface area contributed by atoms with E-state index in [4.69, 9.17) is 56.8 Å². The molecule has 0 N–H and O–H groups in total. The highest BCUT2D eigenvalue weighted by molar-refractivity contribution is 5.60. The van der Waals surface area contributed by atoms with Crippen LogP contribution in [0.5, 0.6) is 69.0 Å². The molecule has 0 fully saturated rings. The van der Waals surface area contributed by atoms with Crippen LogP contribution in [0.2, 0.25) is 0 Å². The van der Waals surface area contributed by atoms with E-state index in [0.717, 1.165) is 66.8 Å².